The molecule has 0 atom stereocenters. The maximum Gasteiger partial charge on any atom is 0.172 e. The quantitative estimate of drug-likeness (QED) is 0.789. The van der Waals surface area contributed by atoms with E-state index in [1.807, 2.05) is 39.8 Å². The van der Waals surface area contributed by atoms with Crippen molar-refractivity contribution in [1.29, 1.82) is 0 Å². The van der Waals surface area contributed by atoms with Crippen molar-refractivity contribution in [3.05, 3.63) is 41.2 Å². The summed E-state index contributed by atoms with van der Waals surface area (Å²) in [5.74, 6) is 0.722. The first kappa shape index (κ1) is 13.4. The highest BCUT2D eigenvalue weighted by Crippen LogP contribution is 2.12. The molecule has 0 spiro atoms. The molecule has 0 unspecified atom stereocenters. The Bertz CT molecular complexity index is 601. The molecule has 0 bridgehead atoms. The van der Waals surface area contributed by atoms with Gasteiger partial charge in [-0.3, -0.25) is 9.78 Å². The minimum absolute atomic E-state index is 0.0277. The number of aryl methyl sites for hydroxylation is 2. The van der Waals surface area contributed by atoms with Crippen molar-refractivity contribution < 1.29 is 4.79 Å². The van der Waals surface area contributed by atoms with E-state index in [-0.39, 0.29) is 18.2 Å². The molecule has 2 rings (SSSR count). The zero-order valence-electron chi connectivity index (χ0n) is 11.7. The van der Waals surface area contributed by atoms with E-state index >= 15 is 0 Å². The van der Waals surface area contributed by atoms with Crippen molar-refractivity contribution in [3.63, 3.8) is 0 Å². The van der Waals surface area contributed by atoms with Gasteiger partial charge < -0.3 is 0 Å². The van der Waals surface area contributed by atoms with E-state index in [0.29, 0.717) is 11.4 Å². The van der Waals surface area contributed by atoms with Crippen molar-refractivity contribution in [1.82, 2.24) is 19.7 Å². The van der Waals surface area contributed by atoms with Gasteiger partial charge in [0.15, 0.2) is 5.78 Å². The smallest absolute Gasteiger partial charge is 0.172 e. The molecule has 2 aromatic rings. The normalized spacial score (nSPS) is 11.0. The first-order chi connectivity index (χ1) is 8.99. The van der Waals surface area contributed by atoms with E-state index in [0.717, 1.165) is 11.4 Å². The predicted molar refractivity (Wildman–Crippen MR) is 72.2 cm³/mol. The van der Waals surface area contributed by atoms with Crippen molar-refractivity contribution in [2.75, 3.05) is 0 Å². The van der Waals surface area contributed by atoms with Crippen LogP contribution >= 0.6 is 0 Å². The molecule has 2 aromatic heterocycles. The van der Waals surface area contributed by atoms with Gasteiger partial charge in [-0.15, -0.1) is 0 Å². The SMILES string of the molecule is Cc1ccc(C(=O)Cc2ncnn2C(C)C)c(C)n1. The number of aromatic nitrogens is 4. The number of hydrogen-bond acceptors (Lipinski definition) is 4. The number of pyridine rings is 1. The average Bonchev–Trinajstić information content (AvgIpc) is 2.76. The van der Waals surface area contributed by atoms with Crippen LogP contribution in [0.3, 0.4) is 0 Å². The minimum Gasteiger partial charge on any atom is -0.294 e. The second-order valence-electron chi connectivity index (χ2n) is 4.90. The average molecular weight is 258 g/mol. The zero-order chi connectivity index (χ0) is 14.0. The van der Waals surface area contributed by atoms with Gasteiger partial charge in [-0.1, -0.05) is 0 Å². The van der Waals surface area contributed by atoms with Crippen molar-refractivity contribution in [2.24, 2.45) is 0 Å². The minimum atomic E-state index is 0.0277. The largest absolute Gasteiger partial charge is 0.294 e. The van der Waals surface area contributed by atoms with Crippen LogP contribution in [0.25, 0.3) is 0 Å². The van der Waals surface area contributed by atoms with Crippen molar-refractivity contribution in [2.45, 2.75) is 40.2 Å². The number of carbonyl (C=O) groups excluding carboxylic acids is 1. The van der Waals surface area contributed by atoms with Crippen LogP contribution in [0.4, 0.5) is 0 Å². The molecule has 2 heterocycles. The summed E-state index contributed by atoms with van der Waals surface area (Å²) in [6.07, 6.45) is 1.74. The standard InChI is InChI=1S/C14H18N4O/c1-9(2)18-14(15-8-16-18)7-13(19)12-6-5-10(3)17-11(12)4/h5-6,8-9H,7H2,1-4H3. The van der Waals surface area contributed by atoms with Gasteiger partial charge in [0.05, 0.1) is 6.42 Å². The summed E-state index contributed by atoms with van der Waals surface area (Å²) in [5, 5.41) is 4.14. The van der Waals surface area contributed by atoms with Crippen LogP contribution in [-0.4, -0.2) is 25.5 Å². The summed E-state index contributed by atoms with van der Waals surface area (Å²) in [4.78, 5) is 20.8. The molecule has 0 radical (unpaired) electrons. The third-order valence-corrected chi connectivity index (χ3v) is 2.98. The van der Waals surface area contributed by atoms with Crippen LogP contribution in [0.15, 0.2) is 18.5 Å². The lowest BCUT2D eigenvalue weighted by Crippen LogP contribution is -2.14. The van der Waals surface area contributed by atoms with Gasteiger partial charge in [0.1, 0.15) is 12.2 Å². The highest BCUT2D eigenvalue weighted by molar-refractivity contribution is 5.98. The van der Waals surface area contributed by atoms with Crippen LogP contribution in [-0.2, 0) is 6.42 Å². The summed E-state index contributed by atoms with van der Waals surface area (Å²) in [6, 6.07) is 3.88. The van der Waals surface area contributed by atoms with Gasteiger partial charge in [0.25, 0.3) is 0 Å². The summed E-state index contributed by atoms with van der Waals surface area (Å²) in [5.41, 5.74) is 2.34. The summed E-state index contributed by atoms with van der Waals surface area (Å²) in [7, 11) is 0. The number of carbonyl (C=O) groups is 1. The van der Waals surface area contributed by atoms with Crippen LogP contribution in [0.1, 0.15) is 47.5 Å². The maximum absolute atomic E-state index is 12.3. The molecule has 0 aliphatic carbocycles. The predicted octanol–water partition coefficient (Wildman–Crippen LogP) is 2.30. The molecular weight excluding hydrogens is 240 g/mol. The van der Waals surface area contributed by atoms with Gasteiger partial charge >= 0.3 is 0 Å². The molecule has 0 N–H and O–H groups in total. The van der Waals surface area contributed by atoms with Crippen LogP contribution in [0.5, 0.6) is 0 Å². The van der Waals surface area contributed by atoms with Gasteiger partial charge in [0.2, 0.25) is 0 Å². The van der Waals surface area contributed by atoms with Gasteiger partial charge in [0, 0.05) is 23.0 Å². The molecule has 19 heavy (non-hydrogen) atoms. The number of rotatable bonds is 4. The highest BCUT2D eigenvalue weighted by atomic mass is 16.1. The monoisotopic (exact) mass is 258 g/mol. The van der Waals surface area contributed by atoms with E-state index < -0.39 is 0 Å². The van der Waals surface area contributed by atoms with Gasteiger partial charge in [-0.2, -0.15) is 5.10 Å². The lowest BCUT2D eigenvalue weighted by molar-refractivity contribution is 0.0988. The van der Waals surface area contributed by atoms with E-state index in [4.69, 9.17) is 0 Å². The van der Waals surface area contributed by atoms with E-state index in [1.165, 1.54) is 6.33 Å². The summed E-state index contributed by atoms with van der Waals surface area (Å²) in [6.45, 7) is 7.80. The zero-order valence-corrected chi connectivity index (χ0v) is 11.7. The lowest BCUT2D eigenvalue weighted by Gasteiger charge is -2.09. The Labute approximate surface area is 112 Å². The fourth-order valence-corrected chi connectivity index (χ4v) is 2.05. The number of nitrogens with zero attached hydrogens (tertiary/aromatic N) is 4. The van der Waals surface area contributed by atoms with Crippen molar-refractivity contribution >= 4 is 5.78 Å². The number of Topliss-reactive ketones (excluding diaryl/α,β-unsaturated/α-hetero) is 1. The second kappa shape index (κ2) is 5.30. The second-order valence-corrected chi connectivity index (χ2v) is 4.90. The van der Waals surface area contributed by atoms with E-state index in [2.05, 4.69) is 15.1 Å². The molecule has 0 amide bonds. The van der Waals surface area contributed by atoms with Crippen LogP contribution in [0, 0.1) is 13.8 Å². The third-order valence-electron chi connectivity index (χ3n) is 2.98. The number of ketones is 1. The van der Waals surface area contributed by atoms with E-state index in [9.17, 15) is 4.79 Å². The molecule has 0 saturated heterocycles. The Kier molecular flexibility index (Phi) is 3.74. The molecule has 0 aliphatic rings. The Morgan fingerprint density at radius 2 is 2.05 bits per heavy atom. The highest BCUT2D eigenvalue weighted by Gasteiger charge is 2.15. The Morgan fingerprint density at radius 1 is 1.32 bits per heavy atom. The fourth-order valence-electron chi connectivity index (χ4n) is 2.05. The first-order valence-corrected chi connectivity index (χ1v) is 6.35. The number of hydrogen-bond donors (Lipinski definition) is 0. The Balaban J connectivity index is 2.23. The Morgan fingerprint density at radius 3 is 2.68 bits per heavy atom. The van der Waals surface area contributed by atoms with Crippen LogP contribution in [0.2, 0.25) is 0 Å². The molecule has 0 fully saturated rings. The fraction of sp³-hybridized carbons (Fsp3) is 0.429. The summed E-state index contributed by atoms with van der Waals surface area (Å²) < 4.78 is 1.77. The molecule has 0 aromatic carbocycles. The molecular formula is C14H18N4O. The van der Waals surface area contributed by atoms with E-state index in [1.54, 1.807) is 4.68 Å². The molecule has 0 saturated carbocycles. The molecule has 5 nitrogen and oxygen atoms in total. The topological polar surface area (TPSA) is 60.7 Å². The van der Waals surface area contributed by atoms with Gasteiger partial charge in [-0.05, 0) is 39.8 Å². The Hall–Kier alpha value is -2.04. The molecule has 0 aliphatic heterocycles. The first-order valence-electron chi connectivity index (χ1n) is 6.35. The third kappa shape index (κ3) is 2.86. The van der Waals surface area contributed by atoms with Crippen molar-refractivity contribution in [3.8, 4) is 0 Å². The molecule has 5 heteroatoms. The lowest BCUT2D eigenvalue weighted by atomic mass is 10.1. The molecule has 100 valence electrons. The van der Waals surface area contributed by atoms with Crippen LogP contribution < -0.4 is 0 Å². The summed E-state index contributed by atoms with van der Waals surface area (Å²) >= 11 is 0. The van der Waals surface area contributed by atoms with Gasteiger partial charge in [-0.25, -0.2) is 9.67 Å². The maximum atomic E-state index is 12.3.